The second-order valence-corrected chi connectivity index (χ2v) is 5.07. The third-order valence-corrected chi connectivity index (χ3v) is 3.49. The average molecular weight is 256 g/mol. The smallest absolute Gasteiger partial charge is 0.272 e. The number of fused-ring (bicyclic) bond motifs is 3. The molecule has 3 rings (SSSR count). The van der Waals surface area contributed by atoms with Crippen LogP contribution in [0.15, 0.2) is 42.6 Å². The molecular weight excluding hydrogens is 240 g/mol. The summed E-state index contributed by atoms with van der Waals surface area (Å²) in [7, 11) is 3.48. The molecule has 4 heteroatoms. The van der Waals surface area contributed by atoms with Gasteiger partial charge in [-0.25, -0.2) is 0 Å². The Morgan fingerprint density at radius 3 is 2.68 bits per heavy atom. The second-order valence-electron chi connectivity index (χ2n) is 5.07. The number of carbonyl (C=O) groups excluding carboxylic acids is 1. The summed E-state index contributed by atoms with van der Waals surface area (Å²) < 4.78 is 8.03. The molecule has 0 spiro atoms. The molecule has 98 valence electrons. The topological polar surface area (TPSA) is 34.5 Å². The first kappa shape index (κ1) is 11.8. The van der Waals surface area contributed by atoms with Crippen LogP contribution < -0.4 is 4.74 Å². The Bertz CT molecular complexity index is 645. The highest BCUT2D eigenvalue weighted by molar-refractivity contribution is 5.87. The normalized spacial score (nSPS) is 20.2. The van der Waals surface area contributed by atoms with E-state index in [-0.39, 0.29) is 5.91 Å². The molecule has 1 aliphatic heterocycles. The highest BCUT2D eigenvalue weighted by atomic mass is 16.5. The monoisotopic (exact) mass is 256 g/mol. The Balaban J connectivity index is 2.21. The van der Waals surface area contributed by atoms with Crippen molar-refractivity contribution in [3.8, 4) is 11.4 Å². The number of aromatic nitrogens is 1. The number of hydrogen-bond acceptors (Lipinski definition) is 2. The van der Waals surface area contributed by atoms with E-state index in [1.807, 2.05) is 54.1 Å². The van der Waals surface area contributed by atoms with Crippen molar-refractivity contribution in [3.05, 3.63) is 48.3 Å². The van der Waals surface area contributed by atoms with Gasteiger partial charge in [-0.1, -0.05) is 12.1 Å². The fraction of sp³-hybridized carbons (Fsp3) is 0.267. The summed E-state index contributed by atoms with van der Waals surface area (Å²) in [4.78, 5) is 14.0. The number of ether oxygens (including phenoxy) is 1. The lowest BCUT2D eigenvalue weighted by molar-refractivity contribution is -0.146. The van der Waals surface area contributed by atoms with E-state index < -0.39 is 5.60 Å². The molecule has 1 amide bonds. The largest absolute Gasteiger partial charge is 0.469 e. The molecule has 1 aliphatic rings. The molecule has 0 radical (unpaired) electrons. The minimum atomic E-state index is -0.985. The molecule has 19 heavy (non-hydrogen) atoms. The molecule has 1 unspecified atom stereocenters. The number of hydrogen-bond donors (Lipinski definition) is 0. The maximum atomic E-state index is 12.5. The summed E-state index contributed by atoms with van der Waals surface area (Å²) >= 11 is 0. The number of likely N-dealkylation sites (N-methyl/N-ethyl adjacent to an activating group) is 1. The van der Waals surface area contributed by atoms with Gasteiger partial charge in [0.2, 0.25) is 5.60 Å². The van der Waals surface area contributed by atoms with Crippen LogP contribution in [0.4, 0.5) is 0 Å². The third-order valence-electron chi connectivity index (χ3n) is 3.49. The van der Waals surface area contributed by atoms with E-state index in [4.69, 9.17) is 4.74 Å². The predicted molar refractivity (Wildman–Crippen MR) is 72.4 cm³/mol. The highest BCUT2D eigenvalue weighted by Crippen LogP contribution is 2.39. The molecule has 4 nitrogen and oxygen atoms in total. The van der Waals surface area contributed by atoms with Gasteiger partial charge in [0, 0.05) is 20.3 Å². The first-order valence-corrected chi connectivity index (χ1v) is 6.22. The van der Waals surface area contributed by atoms with Crippen LogP contribution in [0.5, 0.6) is 5.75 Å². The Morgan fingerprint density at radius 1 is 1.21 bits per heavy atom. The molecular formula is C15H16N2O2. The number of amides is 1. The Labute approximate surface area is 112 Å². The Hall–Kier alpha value is -2.23. The van der Waals surface area contributed by atoms with Crippen LogP contribution in [0.1, 0.15) is 12.6 Å². The zero-order valence-electron chi connectivity index (χ0n) is 11.3. The van der Waals surface area contributed by atoms with Crippen LogP contribution in [-0.4, -0.2) is 29.5 Å². The quantitative estimate of drug-likeness (QED) is 0.783. The summed E-state index contributed by atoms with van der Waals surface area (Å²) in [5.41, 5.74) is 0.831. The Morgan fingerprint density at radius 2 is 1.95 bits per heavy atom. The SMILES string of the molecule is CN(C)C(=O)C1(C)Oc2ccccc2-n2cccc21. The van der Waals surface area contributed by atoms with E-state index in [2.05, 4.69) is 0 Å². The molecule has 2 aromatic rings. The summed E-state index contributed by atoms with van der Waals surface area (Å²) in [5, 5.41) is 0. The van der Waals surface area contributed by atoms with Crippen LogP contribution in [0, 0.1) is 0 Å². The maximum Gasteiger partial charge on any atom is 0.272 e. The van der Waals surface area contributed by atoms with Gasteiger partial charge in [0.15, 0.2) is 0 Å². The molecule has 0 saturated carbocycles. The van der Waals surface area contributed by atoms with Gasteiger partial charge in [-0.3, -0.25) is 4.79 Å². The van der Waals surface area contributed by atoms with Gasteiger partial charge in [0.25, 0.3) is 5.91 Å². The van der Waals surface area contributed by atoms with Crippen molar-refractivity contribution in [2.24, 2.45) is 0 Å². The summed E-state index contributed by atoms with van der Waals surface area (Å²) in [6, 6.07) is 11.6. The third kappa shape index (κ3) is 1.56. The molecule has 0 N–H and O–H groups in total. The number of carbonyl (C=O) groups is 1. The number of benzene rings is 1. The minimum absolute atomic E-state index is 0.0676. The molecule has 1 atom stereocenters. The highest BCUT2D eigenvalue weighted by Gasteiger charge is 2.44. The van der Waals surface area contributed by atoms with Crippen molar-refractivity contribution in [1.82, 2.24) is 9.47 Å². The molecule has 2 heterocycles. The van der Waals surface area contributed by atoms with Crippen LogP contribution in [-0.2, 0) is 10.4 Å². The van der Waals surface area contributed by atoms with Crippen LogP contribution in [0.25, 0.3) is 5.69 Å². The van der Waals surface area contributed by atoms with E-state index in [9.17, 15) is 4.79 Å². The molecule has 0 fully saturated rings. The van der Waals surface area contributed by atoms with Gasteiger partial charge < -0.3 is 14.2 Å². The zero-order chi connectivity index (χ0) is 13.6. The molecule has 0 saturated heterocycles. The van der Waals surface area contributed by atoms with Gasteiger partial charge in [-0.2, -0.15) is 0 Å². The van der Waals surface area contributed by atoms with Gasteiger partial charge in [-0.05, 0) is 31.2 Å². The molecule has 0 bridgehead atoms. The first-order valence-electron chi connectivity index (χ1n) is 6.22. The van der Waals surface area contributed by atoms with E-state index >= 15 is 0 Å². The standard InChI is InChI=1S/C15H16N2O2/c1-15(14(18)16(2)3)13-9-6-10-17(13)11-7-4-5-8-12(11)19-15/h4-10H,1-3H3. The Kier molecular flexibility index (Phi) is 2.42. The van der Waals surface area contributed by atoms with Gasteiger partial charge in [0.05, 0.1) is 11.4 Å². The van der Waals surface area contributed by atoms with Crippen molar-refractivity contribution < 1.29 is 9.53 Å². The van der Waals surface area contributed by atoms with Crippen molar-refractivity contribution in [1.29, 1.82) is 0 Å². The molecule has 0 aliphatic carbocycles. The van der Waals surface area contributed by atoms with Crippen molar-refractivity contribution in [2.75, 3.05) is 14.1 Å². The van der Waals surface area contributed by atoms with E-state index in [0.717, 1.165) is 17.1 Å². The summed E-state index contributed by atoms with van der Waals surface area (Å²) in [6.45, 7) is 1.82. The number of nitrogens with zero attached hydrogens (tertiary/aromatic N) is 2. The number of rotatable bonds is 1. The van der Waals surface area contributed by atoms with Gasteiger partial charge in [-0.15, -0.1) is 0 Å². The second kappa shape index (κ2) is 3.88. The lowest BCUT2D eigenvalue weighted by Crippen LogP contribution is -2.48. The summed E-state index contributed by atoms with van der Waals surface area (Å²) in [6.07, 6.45) is 1.96. The van der Waals surface area contributed by atoms with Gasteiger partial charge in [0.1, 0.15) is 5.75 Å². The van der Waals surface area contributed by atoms with Crippen molar-refractivity contribution in [2.45, 2.75) is 12.5 Å². The van der Waals surface area contributed by atoms with Crippen LogP contribution in [0.3, 0.4) is 0 Å². The number of para-hydroxylation sites is 2. The fourth-order valence-electron chi connectivity index (χ4n) is 2.57. The van der Waals surface area contributed by atoms with Crippen LogP contribution in [0.2, 0.25) is 0 Å². The van der Waals surface area contributed by atoms with E-state index in [1.165, 1.54) is 0 Å². The predicted octanol–water partition coefficient (Wildman–Crippen LogP) is 2.17. The molecule has 1 aromatic heterocycles. The van der Waals surface area contributed by atoms with E-state index in [1.54, 1.807) is 19.0 Å². The lowest BCUT2D eigenvalue weighted by Gasteiger charge is -2.37. The van der Waals surface area contributed by atoms with Crippen molar-refractivity contribution >= 4 is 5.91 Å². The van der Waals surface area contributed by atoms with E-state index in [0.29, 0.717) is 0 Å². The maximum absolute atomic E-state index is 12.5. The van der Waals surface area contributed by atoms with Crippen LogP contribution >= 0.6 is 0 Å². The van der Waals surface area contributed by atoms with Crippen molar-refractivity contribution in [3.63, 3.8) is 0 Å². The zero-order valence-corrected chi connectivity index (χ0v) is 11.3. The fourth-order valence-corrected chi connectivity index (χ4v) is 2.57. The van der Waals surface area contributed by atoms with Gasteiger partial charge >= 0.3 is 0 Å². The lowest BCUT2D eigenvalue weighted by atomic mass is 9.98. The first-order chi connectivity index (χ1) is 9.04. The minimum Gasteiger partial charge on any atom is -0.469 e. The average Bonchev–Trinajstić information content (AvgIpc) is 2.88. The molecule has 1 aromatic carbocycles. The summed E-state index contributed by atoms with van der Waals surface area (Å²) in [5.74, 6) is 0.658.